The highest BCUT2D eigenvalue weighted by Crippen LogP contribution is 2.19. The second-order valence-corrected chi connectivity index (χ2v) is 5.29. The summed E-state index contributed by atoms with van der Waals surface area (Å²) in [6.07, 6.45) is 2.86. The number of esters is 1. The van der Waals surface area contributed by atoms with Crippen LogP contribution in [-0.2, 0) is 9.53 Å². The van der Waals surface area contributed by atoms with Gasteiger partial charge in [0.1, 0.15) is 11.3 Å². The van der Waals surface area contributed by atoms with Crippen LogP contribution in [0.2, 0.25) is 0 Å². The molecule has 0 spiro atoms. The Morgan fingerprint density at radius 2 is 1.92 bits per heavy atom. The van der Waals surface area contributed by atoms with Crippen LogP contribution < -0.4 is 4.74 Å². The van der Waals surface area contributed by atoms with E-state index in [-0.39, 0.29) is 18.2 Å². The first-order valence-corrected chi connectivity index (χ1v) is 7.66. The maximum absolute atomic E-state index is 12.1. The minimum Gasteiger partial charge on any atom is -0.497 e. The number of fused-ring (bicyclic) bond motifs is 1. The van der Waals surface area contributed by atoms with E-state index in [1.807, 2.05) is 36.4 Å². The van der Waals surface area contributed by atoms with Gasteiger partial charge in [0.15, 0.2) is 12.4 Å². The van der Waals surface area contributed by atoms with Gasteiger partial charge in [-0.1, -0.05) is 30.3 Å². The Morgan fingerprint density at radius 1 is 1.08 bits per heavy atom. The predicted molar refractivity (Wildman–Crippen MR) is 93.5 cm³/mol. The molecule has 25 heavy (non-hydrogen) atoms. The third-order valence-electron chi connectivity index (χ3n) is 3.55. The maximum atomic E-state index is 12.1. The molecule has 0 radical (unpaired) electrons. The van der Waals surface area contributed by atoms with Gasteiger partial charge in [0.05, 0.1) is 7.11 Å². The Balaban J connectivity index is 1.57. The van der Waals surface area contributed by atoms with E-state index < -0.39 is 5.97 Å². The zero-order valence-corrected chi connectivity index (χ0v) is 13.6. The number of hydrogen-bond donors (Lipinski definition) is 0. The third kappa shape index (κ3) is 4.14. The van der Waals surface area contributed by atoms with Crippen molar-refractivity contribution >= 4 is 28.8 Å². The molecule has 0 unspecified atom stereocenters. The van der Waals surface area contributed by atoms with E-state index in [0.29, 0.717) is 11.3 Å². The molecule has 1 heterocycles. The zero-order valence-electron chi connectivity index (χ0n) is 13.6. The number of benzene rings is 2. The fourth-order valence-corrected chi connectivity index (χ4v) is 2.28. The van der Waals surface area contributed by atoms with E-state index in [1.54, 1.807) is 31.4 Å². The van der Waals surface area contributed by atoms with Crippen molar-refractivity contribution < 1.29 is 23.5 Å². The smallest absolute Gasteiger partial charge is 0.331 e. The quantitative estimate of drug-likeness (QED) is 0.388. The number of carbonyl (C=O) groups is 2. The fourth-order valence-electron chi connectivity index (χ4n) is 2.28. The predicted octanol–water partition coefficient (Wildman–Crippen LogP) is 3.88. The van der Waals surface area contributed by atoms with Gasteiger partial charge in [-0.05, 0) is 35.9 Å². The van der Waals surface area contributed by atoms with Crippen LogP contribution in [0, 0.1) is 0 Å². The molecule has 0 aliphatic heterocycles. The maximum Gasteiger partial charge on any atom is 0.331 e. The summed E-state index contributed by atoms with van der Waals surface area (Å²) in [5.41, 5.74) is 1.41. The van der Waals surface area contributed by atoms with Gasteiger partial charge in [0.25, 0.3) is 0 Å². The van der Waals surface area contributed by atoms with Crippen LogP contribution in [0.15, 0.2) is 65.1 Å². The highest BCUT2D eigenvalue weighted by atomic mass is 16.5. The first-order valence-electron chi connectivity index (χ1n) is 7.66. The second kappa shape index (κ2) is 7.49. The van der Waals surface area contributed by atoms with E-state index in [0.717, 1.165) is 10.9 Å². The molecule has 0 amide bonds. The minimum atomic E-state index is -0.604. The molecule has 0 atom stereocenters. The van der Waals surface area contributed by atoms with Gasteiger partial charge in [-0.3, -0.25) is 4.79 Å². The molecule has 5 heteroatoms. The lowest BCUT2D eigenvalue weighted by atomic mass is 10.2. The van der Waals surface area contributed by atoms with Crippen molar-refractivity contribution in [3.05, 3.63) is 72.0 Å². The van der Waals surface area contributed by atoms with Crippen LogP contribution in [0.1, 0.15) is 16.1 Å². The summed E-state index contributed by atoms with van der Waals surface area (Å²) in [4.78, 5) is 23.8. The number of ketones is 1. The van der Waals surface area contributed by atoms with Gasteiger partial charge in [-0.2, -0.15) is 0 Å². The van der Waals surface area contributed by atoms with Crippen LogP contribution in [0.4, 0.5) is 0 Å². The van der Waals surface area contributed by atoms with E-state index in [9.17, 15) is 9.59 Å². The van der Waals surface area contributed by atoms with E-state index in [1.165, 1.54) is 6.08 Å². The largest absolute Gasteiger partial charge is 0.497 e. The normalized spacial score (nSPS) is 10.9. The number of rotatable bonds is 6. The zero-order chi connectivity index (χ0) is 17.6. The number of ether oxygens (including phenoxy) is 2. The number of hydrogen-bond acceptors (Lipinski definition) is 5. The van der Waals surface area contributed by atoms with Crippen LogP contribution in [0.25, 0.3) is 17.0 Å². The minimum absolute atomic E-state index is 0.172. The summed E-state index contributed by atoms with van der Waals surface area (Å²) in [5, 5.41) is 0.829. The van der Waals surface area contributed by atoms with Crippen molar-refractivity contribution in [2.24, 2.45) is 0 Å². The van der Waals surface area contributed by atoms with Crippen molar-refractivity contribution in [1.29, 1.82) is 0 Å². The summed E-state index contributed by atoms with van der Waals surface area (Å²) < 4.78 is 15.5. The van der Waals surface area contributed by atoms with Gasteiger partial charge >= 0.3 is 5.97 Å². The molecule has 0 fully saturated rings. The van der Waals surface area contributed by atoms with Crippen LogP contribution >= 0.6 is 0 Å². The molecule has 3 aromatic rings. The molecule has 0 saturated heterocycles. The van der Waals surface area contributed by atoms with Gasteiger partial charge in [-0.25, -0.2) is 4.79 Å². The number of carbonyl (C=O) groups excluding carboxylic acids is 2. The molecule has 0 saturated carbocycles. The van der Waals surface area contributed by atoms with Crippen molar-refractivity contribution in [2.75, 3.05) is 13.7 Å². The van der Waals surface area contributed by atoms with E-state index in [4.69, 9.17) is 13.9 Å². The first kappa shape index (κ1) is 16.5. The number of Topliss-reactive ketones (excluding diaryl/α,β-unsaturated/α-hetero) is 1. The highest BCUT2D eigenvalue weighted by molar-refractivity contribution is 5.99. The molecular formula is C20H16O5. The Hall–Kier alpha value is -3.34. The third-order valence-corrected chi connectivity index (χ3v) is 3.55. The highest BCUT2D eigenvalue weighted by Gasteiger charge is 2.13. The lowest BCUT2D eigenvalue weighted by molar-refractivity contribution is -0.136. The molecule has 0 aliphatic carbocycles. The number of para-hydroxylation sites is 1. The lowest BCUT2D eigenvalue weighted by Crippen LogP contribution is -2.11. The monoisotopic (exact) mass is 336 g/mol. The number of furan rings is 1. The molecule has 0 aliphatic rings. The SMILES string of the molecule is COc1cccc(/C=C/C(=O)OCC(=O)c2cc3ccccc3o2)c1. The van der Waals surface area contributed by atoms with Crippen molar-refractivity contribution in [2.45, 2.75) is 0 Å². The Bertz CT molecular complexity index is 903. The first-order chi connectivity index (χ1) is 12.2. The summed E-state index contributed by atoms with van der Waals surface area (Å²) in [6.45, 7) is -0.374. The summed E-state index contributed by atoms with van der Waals surface area (Å²) in [7, 11) is 1.57. The molecular weight excluding hydrogens is 320 g/mol. The fraction of sp³-hybridized carbons (Fsp3) is 0.100. The average molecular weight is 336 g/mol. The van der Waals surface area contributed by atoms with Crippen molar-refractivity contribution in [3.63, 3.8) is 0 Å². The van der Waals surface area contributed by atoms with Gasteiger partial charge in [0.2, 0.25) is 5.78 Å². The summed E-state index contributed by atoms with van der Waals surface area (Å²) in [6, 6.07) is 16.2. The molecule has 5 nitrogen and oxygen atoms in total. The van der Waals surface area contributed by atoms with Gasteiger partial charge < -0.3 is 13.9 Å². The van der Waals surface area contributed by atoms with Crippen molar-refractivity contribution in [1.82, 2.24) is 0 Å². The number of methoxy groups -OCH3 is 1. The Kier molecular flexibility index (Phi) is 4.95. The molecule has 2 aromatic carbocycles. The van der Waals surface area contributed by atoms with Gasteiger partial charge in [0, 0.05) is 11.5 Å². The van der Waals surface area contributed by atoms with Crippen LogP contribution in [-0.4, -0.2) is 25.5 Å². The molecule has 1 aromatic heterocycles. The molecule has 3 rings (SSSR count). The molecule has 0 N–H and O–H groups in total. The standard InChI is InChI=1S/C20H16O5/c1-23-16-7-4-5-14(11-16)9-10-20(22)24-13-17(21)19-12-15-6-2-3-8-18(15)25-19/h2-12H,13H2,1H3/b10-9+. The van der Waals surface area contributed by atoms with Crippen LogP contribution in [0.5, 0.6) is 5.75 Å². The summed E-state index contributed by atoms with van der Waals surface area (Å²) in [5.74, 6) is -0.132. The van der Waals surface area contributed by atoms with E-state index >= 15 is 0 Å². The molecule has 0 bridgehead atoms. The summed E-state index contributed by atoms with van der Waals surface area (Å²) >= 11 is 0. The topological polar surface area (TPSA) is 65.7 Å². The lowest BCUT2D eigenvalue weighted by Gasteiger charge is -2.01. The average Bonchev–Trinajstić information content (AvgIpc) is 3.09. The van der Waals surface area contributed by atoms with Crippen molar-refractivity contribution in [3.8, 4) is 5.75 Å². The van der Waals surface area contributed by atoms with E-state index in [2.05, 4.69) is 0 Å². The Labute approximate surface area is 144 Å². The Morgan fingerprint density at radius 3 is 2.72 bits per heavy atom. The van der Waals surface area contributed by atoms with Crippen LogP contribution in [0.3, 0.4) is 0 Å². The van der Waals surface area contributed by atoms with Gasteiger partial charge in [-0.15, -0.1) is 0 Å². The molecule has 126 valence electrons. The second-order valence-electron chi connectivity index (χ2n) is 5.29.